The van der Waals surface area contributed by atoms with Gasteiger partial charge in [0.15, 0.2) is 12.1 Å². The van der Waals surface area contributed by atoms with Gasteiger partial charge in [-0.3, -0.25) is 9.59 Å². The Morgan fingerprint density at radius 2 is 1.61 bits per heavy atom. The average Bonchev–Trinajstić information content (AvgIpc) is 3.53. The Labute approximate surface area is 259 Å². The van der Waals surface area contributed by atoms with Gasteiger partial charge in [-0.1, -0.05) is 34.6 Å². The van der Waals surface area contributed by atoms with E-state index in [1.807, 2.05) is 6.92 Å². The number of fused-ring (bicyclic) bond motifs is 4. The van der Waals surface area contributed by atoms with Crippen LogP contribution in [0.2, 0.25) is 0 Å². The standard InChI is InChI=1S/C34H52O10/c1-16-11-18(36)27(40)34(41)14-30(5)21-8-7-20-29(3,4)22(44-28-25(39)24(38)19(37)13-42-28)9-10-32(20)15-33(21,32)12-23(43-17(2)35)31(30,6)26(16)34/h16,19-28,37-41H,7-15H2,1-6H3/t16-,19+,20-,21+,22-,23+,24+,25-,26-,27+,28+,30+,31+,32+,33-,34-/m1/s1. The van der Waals surface area contributed by atoms with E-state index in [0.29, 0.717) is 18.8 Å². The van der Waals surface area contributed by atoms with Gasteiger partial charge in [-0.05, 0) is 84.4 Å². The van der Waals surface area contributed by atoms with E-state index in [2.05, 4.69) is 27.7 Å². The highest BCUT2D eigenvalue weighted by Crippen LogP contribution is 2.90. The van der Waals surface area contributed by atoms with Crippen molar-refractivity contribution in [1.29, 1.82) is 0 Å². The van der Waals surface area contributed by atoms with E-state index in [-0.39, 0.29) is 64.9 Å². The van der Waals surface area contributed by atoms with E-state index in [1.54, 1.807) is 0 Å². The number of hydrogen-bond donors (Lipinski definition) is 5. The van der Waals surface area contributed by atoms with Crippen LogP contribution in [-0.4, -0.2) is 92.4 Å². The van der Waals surface area contributed by atoms with Crippen molar-refractivity contribution in [2.24, 2.45) is 50.7 Å². The molecule has 7 fully saturated rings. The quantitative estimate of drug-likeness (QED) is 0.233. The summed E-state index contributed by atoms with van der Waals surface area (Å²) in [5.74, 6) is -0.643. The Morgan fingerprint density at radius 3 is 2.30 bits per heavy atom. The molecule has 6 aliphatic carbocycles. The summed E-state index contributed by atoms with van der Waals surface area (Å²) < 4.78 is 18.3. The minimum atomic E-state index is -1.56. The second-order valence-electron chi connectivity index (χ2n) is 17.1. The number of carbonyl (C=O) groups excluding carboxylic acids is 2. The molecular formula is C34H52O10. The molecule has 5 N–H and O–H groups in total. The lowest BCUT2D eigenvalue weighted by atomic mass is 9.41. The molecule has 1 saturated heterocycles. The number of esters is 1. The highest BCUT2D eigenvalue weighted by molar-refractivity contribution is 5.85. The van der Waals surface area contributed by atoms with Gasteiger partial charge in [0.2, 0.25) is 0 Å². The number of carbonyl (C=O) groups is 2. The van der Waals surface area contributed by atoms with Crippen LogP contribution in [0.25, 0.3) is 0 Å². The van der Waals surface area contributed by atoms with Gasteiger partial charge in [0.1, 0.15) is 36.1 Å². The number of hydrogen-bond acceptors (Lipinski definition) is 10. The summed E-state index contributed by atoms with van der Waals surface area (Å²) in [7, 11) is 0. The SMILES string of the molecule is CC(=O)O[C@H]1C[C@]23C[C@]24CC[C@@H](O[C@@H]2OC[C@H](O)[C@H](O)[C@H]2O)C(C)(C)[C@H]4CC[C@H]3[C@]2(C)C[C@]3(O)[C@@H](O)C(=O)C[C@@H](C)[C@@H]3[C@]12C. The van der Waals surface area contributed by atoms with E-state index in [4.69, 9.17) is 14.2 Å². The first-order valence-corrected chi connectivity index (χ1v) is 16.8. The first-order chi connectivity index (χ1) is 20.4. The third-order valence-corrected chi connectivity index (χ3v) is 15.1. The smallest absolute Gasteiger partial charge is 0.302 e. The molecule has 44 heavy (non-hydrogen) atoms. The Balaban J connectivity index is 1.23. The molecule has 7 rings (SSSR count). The molecule has 248 valence electrons. The van der Waals surface area contributed by atoms with Crippen LogP contribution in [-0.2, 0) is 23.8 Å². The third-order valence-electron chi connectivity index (χ3n) is 15.1. The molecule has 0 radical (unpaired) electrons. The van der Waals surface area contributed by atoms with Crippen molar-refractivity contribution in [2.45, 2.75) is 141 Å². The molecule has 0 amide bonds. The van der Waals surface area contributed by atoms with Crippen molar-refractivity contribution in [3.63, 3.8) is 0 Å². The van der Waals surface area contributed by atoms with Crippen LogP contribution in [0.4, 0.5) is 0 Å². The zero-order valence-electron chi connectivity index (χ0n) is 27.0. The molecule has 0 aromatic rings. The molecule has 16 atom stereocenters. The lowest BCUT2D eigenvalue weighted by Crippen LogP contribution is -2.65. The summed E-state index contributed by atoms with van der Waals surface area (Å²) in [4.78, 5) is 25.6. The van der Waals surface area contributed by atoms with Gasteiger partial charge < -0.3 is 39.7 Å². The minimum Gasteiger partial charge on any atom is -0.462 e. The Bertz CT molecular complexity index is 1240. The fourth-order valence-corrected chi connectivity index (χ4v) is 13.5. The topological polar surface area (TPSA) is 163 Å². The highest BCUT2D eigenvalue weighted by atomic mass is 16.7. The van der Waals surface area contributed by atoms with Gasteiger partial charge in [0.05, 0.1) is 12.7 Å². The Morgan fingerprint density at radius 1 is 0.932 bits per heavy atom. The summed E-state index contributed by atoms with van der Waals surface area (Å²) in [6.07, 6.45) is -1.19. The second-order valence-corrected chi connectivity index (χ2v) is 17.1. The summed E-state index contributed by atoms with van der Waals surface area (Å²) in [5, 5.41) is 54.3. The van der Waals surface area contributed by atoms with Crippen molar-refractivity contribution in [3.8, 4) is 0 Å². The molecule has 2 spiro atoms. The summed E-state index contributed by atoms with van der Waals surface area (Å²) in [5.41, 5.74) is -3.03. The second kappa shape index (κ2) is 9.48. The molecule has 6 saturated carbocycles. The van der Waals surface area contributed by atoms with Gasteiger partial charge in [-0.2, -0.15) is 0 Å². The molecule has 10 heteroatoms. The number of rotatable bonds is 3. The van der Waals surface area contributed by atoms with Crippen molar-refractivity contribution in [1.82, 2.24) is 0 Å². The molecule has 0 aromatic heterocycles. The van der Waals surface area contributed by atoms with Gasteiger partial charge in [0, 0.05) is 24.7 Å². The number of ketones is 1. The fraction of sp³-hybridized carbons (Fsp3) is 0.941. The molecule has 0 aromatic carbocycles. The van der Waals surface area contributed by atoms with E-state index < -0.39 is 53.2 Å². The highest BCUT2D eigenvalue weighted by Gasteiger charge is 2.87. The molecule has 0 bridgehead atoms. The predicted octanol–water partition coefficient (Wildman–Crippen LogP) is 2.10. The van der Waals surface area contributed by atoms with E-state index in [9.17, 15) is 35.1 Å². The molecule has 1 aliphatic heterocycles. The number of ether oxygens (including phenoxy) is 3. The van der Waals surface area contributed by atoms with Crippen molar-refractivity contribution in [3.05, 3.63) is 0 Å². The predicted molar refractivity (Wildman–Crippen MR) is 156 cm³/mol. The van der Waals surface area contributed by atoms with Gasteiger partial charge in [0.25, 0.3) is 0 Å². The van der Waals surface area contributed by atoms with Gasteiger partial charge in [-0.25, -0.2) is 0 Å². The third kappa shape index (κ3) is 3.62. The molecule has 10 nitrogen and oxygen atoms in total. The van der Waals surface area contributed by atoms with E-state index >= 15 is 0 Å². The molecule has 0 unspecified atom stereocenters. The van der Waals surface area contributed by atoms with Crippen LogP contribution in [0.15, 0.2) is 0 Å². The zero-order chi connectivity index (χ0) is 32.0. The molecule has 7 aliphatic rings. The van der Waals surface area contributed by atoms with Crippen LogP contribution in [0.1, 0.15) is 92.9 Å². The fourth-order valence-electron chi connectivity index (χ4n) is 13.5. The van der Waals surface area contributed by atoms with Crippen LogP contribution in [0, 0.1) is 50.7 Å². The summed E-state index contributed by atoms with van der Waals surface area (Å²) >= 11 is 0. The van der Waals surface area contributed by atoms with Crippen LogP contribution >= 0.6 is 0 Å². The lowest BCUT2D eigenvalue weighted by molar-refractivity contribution is -0.303. The maximum absolute atomic E-state index is 12.9. The number of aliphatic hydroxyl groups excluding tert-OH is 4. The first kappa shape index (κ1) is 31.5. The van der Waals surface area contributed by atoms with Crippen LogP contribution < -0.4 is 0 Å². The maximum Gasteiger partial charge on any atom is 0.302 e. The largest absolute Gasteiger partial charge is 0.462 e. The summed E-state index contributed by atoms with van der Waals surface area (Å²) in [6.45, 7) is 12.2. The monoisotopic (exact) mass is 620 g/mol. The van der Waals surface area contributed by atoms with Crippen LogP contribution in [0.5, 0.6) is 0 Å². The first-order valence-electron chi connectivity index (χ1n) is 16.8. The lowest BCUT2D eigenvalue weighted by Gasteiger charge is -2.65. The number of aliphatic hydroxyl groups is 5. The minimum absolute atomic E-state index is 0.000193. The van der Waals surface area contributed by atoms with Crippen LogP contribution in [0.3, 0.4) is 0 Å². The van der Waals surface area contributed by atoms with Gasteiger partial charge >= 0.3 is 5.97 Å². The van der Waals surface area contributed by atoms with Crippen molar-refractivity contribution >= 4 is 11.8 Å². The summed E-state index contributed by atoms with van der Waals surface area (Å²) in [6, 6.07) is 0. The maximum atomic E-state index is 12.9. The Hall–Kier alpha value is -1.14. The molecule has 1 heterocycles. The van der Waals surface area contributed by atoms with Gasteiger partial charge in [-0.15, -0.1) is 0 Å². The zero-order valence-corrected chi connectivity index (χ0v) is 27.0. The normalized spacial score (nSPS) is 59.0. The van der Waals surface area contributed by atoms with E-state index in [1.165, 1.54) is 6.92 Å². The van der Waals surface area contributed by atoms with Crippen molar-refractivity contribution in [2.75, 3.05) is 6.61 Å². The number of Topliss-reactive ketones (excluding diaryl/α,β-unsaturated/α-hetero) is 1. The Kier molecular flexibility index (Phi) is 6.78. The van der Waals surface area contributed by atoms with Crippen molar-refractivity contribution < 1.29 is 49.3 Å². The average molecular weight is 621 g/mol. The van der Waals surface area contributed by atoms with E-state index in [0.717, 1.165) is 32.1 Å². The molecular weight excluding hydrogens is 568 g/mol.